The summed E-state index contributed by atoms with van der Waals surface area (Å²) in [4.78, 5) is 0. The van der Waals surface area contributed by atoms with E-state index in [4.69, 9.17) is 4.74 Å². The Labute approximate surface area is 185 Å². The lowest BCUT2D eigenvalue weighted by Crippen LogP contribution is -2.15. The van der Waals surface area contributed by atoms with E-state index in [1.54, 1.807) is 12.1 Å². The molecule has 0 radical (unpaired) electrons. The van der Waals surface area contributed by atoms with E-state index < -0.39 is 0 Å². The zero-order valence-electron chi connectivity index (χ0n) is 17.4. The maximum absolute atomic E-state index is 9.72. The molecule has 0 atom stereocenters. The highest BCUT2D eigenvalue weighted by Gasteiger charge is 2.13. The van der Waals surface area contributed by atoms with Crippen LogP contribution in [0.2, 0.25) is 0 Å². The highest BCUT2D eigenvalue weighted by molar-refractivity contribution is 5.98. The predicted octanol–water partition coefficient (Wildman–Crippen LogP) is 4.96. The summed E-state index contributed by atoms with van der Waals surface area (Å²) >= 11 is 0. The van der Waals surface area contributed by atoms with Crippen molar-refractivity contribution < 1.29 is 15.3 Å². The molecular weight excluding hydrogens is 398 g/mol. The maximum atomic E-state index is 9.72. The van der Waals surface area contributed by atoms with E-state index >= 15 is 0 Å². The van der Waals surface area contributed by atoms with Gasteiger partial charge in [0, 0.05) is 6.54 Å². The molecule has 30 heavy (non-hydrogen) atoms. The number of phenolic OH excluding ortho intramolecular Hbond substituents is 1. The Morgan fingerprint density at radius 2 is 1.40 bits per heavy atom. The highest BCUT2D eigenvalue weighted by Crippen LogP contribution is 2.35. The number of nitrogens with one attached hydrogen (secondary N) is 1. The van der Waals surface area contributed by atoms with E-state index in [1.807, 2.05) is 37.4 Å². The first-order valence-corrected chi connectivity index (χ1v) is 9.68. The first kappa shape index (κ1) is 25.2. The first-order chi connectivity index (χ1) is 13.7. The summed E-state index contributed by atoms with van der Waals surface area (Å²) < 4.78 is 5.76. The van der Waals surface area contributed by atoms with Gasteiger partial charge in [0.05, 0.1) is 0 Å². The van der Waals surface area contributed by atoms with Crippen LogP contribution in [0.1, 0.15) is 30.0 Å². The average Bonchev–Trinajstić information content (AvgIpc) is 2.74. The number of aromatic hydroxyl groups is 1. The third-order valence-electron chi connectivity index (χ3n) is 4.70. The fourth-order valence-electron chi connectivity index (χ4n) is 3.30. The molecule has 160 valence electrons. The van der Waals surface area contributed by atoms with E-state index in [2.05, 4.69) is 48.6 Å². The molecule has 4 nitrogen and oxygen atoms in total. The highest BCUT2D eigenvalue weighted by atomic mass is 35.5. The summed E-state index contributed by atoms with van der Waals surface area (Å²) in [6.07, 6.45) is 0.903. The fourth-order valence-corrected chi connectivity index (χ4v) is 3.30. The maximum Gasteiger partial charge on any atom is 0.119 e. The molecule has 0 heterocycles. The standard InChI is InChI=1S/C25H27NO2.ClH.H2O/c1-3-24(19-7-5-4-6-8-19)25(20-9-13-22(27)14-10-20)21-11-15-23(16-12-21)28-18-17-26-2;;/h4-16,26-27H,3,17-18H2,1-2H3;1H;1H2/b25-24-;;. The number of likely N-dealkylation sites (N-methyl/N-ethyl adjacent to an activating group) is 1. The number of phenols is 1. The van der Waals surface area contributed by atoms with Crippen molar-refractivity contribution in [2.45, 2.75) is 13.3 Å². The lowest BCUT2D eigenvalue weighted by atomic mass is 9.88. The van der Waals surface area contributed by atoms with Crippen LogP contribution >= 0.6 is 12.4 Å². The normalized spacial score (nSPS) is 11.0. The molecule has 0 amide bonds. The number of hydrogen-bond donors (Lipinski definition) is 2. The largest absolute Gasteiger partial charge is 0.508 e. The Kier molecular flexibility index (Phi) is 10.7. The molecule has 0 spiro atoms. The van der Waals surface area contributed by atoms with Gasteiger partial charge >= 0.3 is 0 Å². The average molecular weight is 428 g/mol. The Bertz CT molecular complexity index is 907. The Balaban J connectivity index is 0.00000225. The van der Waals surface area contributed by atoms with Gasteiger partial charge < -0.3 is 20.6 Å². The van der Waals surface area contributed by atoms with Crippen molar-refractivity contribution in [1.82, 2.24) is 5.32 Å². The third kappa shape index (κ3) is 6.36. The fraction of sp³-hybridized carbons (Fsp3) is 0.200. The zero-order chi connectivity index (χ0) is 19.8. The lowest BCUT2D eigenvalue weighted by molar-refractivity contribution is 0.318. The number of benzene rings is 3. The van der Waals surface area contributed by atoms with Crippen LogP contribution in [-0.2, 0) is 0 Å². The summed E-state index contributed by atoms with van der Waals surface area (Å²) in [5, 5.41) is 12.8. The number of rotatable bonds is 8. The quantitative estimate of drug-likeness (QED) is 0.394. The van der Waals surface area contributed by atoms with Crippen LogP contribution in [0.15, 0.2) is 78.9 Å². The van der Waals surface area contributed by atoms with Crippen LogP contribution in [0.4, 0.5) is 0 Å². The van der Waals surface area contributed by atoms with Gasteiger partial charge in [0.15, 0.2) is 0 Å². The molecule has 0 aliphatic heterocycles. The Morgan fingerprint density at radius 3 is 1.93 bits per heavy atom. The van der Waals surface area contributed by atoms with Crippen LogP contribution in [0.3, 0.4) is 0 Å². The van der Waals surface area contributed by atoms with Crippen molar-refractivity contribution >= 4 is 23.6 Å². The molecule has 3 aromatic carbocycles. The van der Waals surface area contributed by atoms with Crippen molar-refractivity contribution in [3.63, 3.8) is 0 Å². The Hall–Kier alpha value is -2.79. The summed E-state index contributed by atoms with van der Waals surface area (Å²) in [5.74, 6) is 1.14. The molecule has 5 heteroatoms. The van der Waals surface area contributed by atoms with Crippen molar-refractivity contribution in [2.75, 3.05) is 20.2 Å². The number of halogens is 1. The molecule has 4 N–H and O–H groups in total. The van der Waals surface area contributed by atoms with Gasteiger partial charge in [0.1, 0.15) is 18.1 Å². The molecule has 0 fully saturated rings. The second-order valence-electron chi connectivity index (χ2n) is 6.60. The Morgan fingerprint density at radius 1 is 0.833 bits per heavy atom. The minimum Gasteiger partial charge on any atom is -0.508 e. The summed E-state index contributed by atoms with van der Waals surface area (Å²) in [7, 11) is 1.91. The number of ether oxygens (including phenoxy) is 1. The number of hydrogen-bond acceptors (Lipinski definition) is 3. The molecule has 0 aliphatic carbocycles. The molecule has 0 saturated heterocycles. The van der Waals surface area contributed by atoms with Gasteiger partial charge in [0.25, 0.3) is 0 Å². The summed E-state index contributed by atoms with van der Waals surface area (Å²) in [6.45, 7) is 3.63. The van der Waals surface area contributed by atoms with Gasteiger partial charge in [-0.25, -0.2) is 0 Å². The molecule has 3 rings (SSSR count). The lowest BCUT2D eigenvalue weighted by Gasteiger charge is -2.17. The van der Waals surface area contributed by atoms with Gasteiger partial charge in [-0.15, -0.1) is 12.4 Å². The van der Waals surface area contributed by atoms with Crippen LogP contribution in [-0.4, -0.2) is 30.8 Å². The first-order valence-electron chi connectivity index (χ1n) is 9.68. The predicted molar refractivity (Wildman–Crippen MR) is 127 cm³/mol. The SMILES string of the molecule is CC/C(=C(\c1ccc(O)cc1)c1ccc(OCCNC)cc1)c1ccccc1.Cl.O. The molecule has 0 saturated carbocycles. The summed E-state index contributed by atoms with van der Waals surface area (Å²) in [5.41, 5.74) is 5.88. The summed E-state index contributed by atoms with van der Waals surface area (Å²) in [6, 6.07) is 26.1. The van der Waals surface area contributed by atoms with E-state index in [9.17, 15) is 5.11 Å². The van der Waals surface area contributed by atoms with E-state index in [-0.39, 0.29) is 23.6 Å². The molecule has 3 aromatic rings. The molecule has 0 aromatic heterocycles. The second kappa shape index (κ2) is 12.7. The molecular formula is C25H30ClNO3. The van der Waals surface area contributed by atoms with Gasteiger partial charge in [0.2, 0.25) is 0 Å². The van der Waals surface area contributed by atoms with Gasteiger partial charge in [-0.1, -0.05) is 61.5 Å². The molecule has 0 unspecified atom stereocenters. The minimum atomic E-state index is 0. The van der Waals surface area contributed by atoms with Crippen LogP contribution in [0.25, 0.3) is 11.1 Å². The van der Waals surface area contributed by atoms with E-state index in [0.29, 0.717) is 6.61 Å². The van der Waals surface area contributed by atoms with Crippen LogP contribution < -0.4 is 10.1 Å². The van der Waals surface area contributed by atoms with E-state index in [0.717, 1.165) is 29.8 Å². The third-order valence-corrected chi connectivity index (χ3v) is 4.70. The van der Waals surface area contributed by atoms with Crippen molar-refractivity contribution in [2.24, 2.45) is 0 Å². The van der Waals surface area contributed by atoms with Crippen molar-refractivity contribution in [3.05, 3.63) is 95.6 Å². The van der Waals surface area contributed by atoms with Crippen molar-refractivity contribution in [3.8, 4) is 11.5 Å². The molecule has 0 bridgehead atoms. The van der Waals surface area contributed by atoms with Gasteiger partial charge in [-0.2, -0.15) is 0 Å². The topological polar surface area (TPSA) is 73.0 Å². The molecule has 0 aliphatic rings. The van der Waals surface area contributed by atoms with E-state index in [1.165, 1.54) is 16.7 Å². The van der Waals surface area contributed by atoms with Crippen LogP contribution in [0.5, 0.6) is 11.5 Å². The van der Waals surface area contributed by atoms with Gasteiger partial charge in [-0.05, 0) is 65.6 Å². The smallest absolute Gasteiger partial charge is 0.119 e. The van der Waals surface area contributed by atoms with Gasteiger partial charge in [-0.3, -0.25) is 0 Å². The zero-order valence-corrected chi connectivity index (χ0v) is 18.2. The number of allylic oxidation sites excluding steroid dienone is 1. The monoisotopic (exact) mass is 427 g/mol. The minimum absolute atomic E-state index is 0. The van der Waals surface area contributed by atoms with Crippen LogP contribution in [0, 0.1) is 0 Å². The van der Waals surface area contributed by atoms with Crippen molar-refractivity contribution in [1.29, 1.82) is 0 Å². The second-order valence-corrected chi connectivity index (χ2v) is 6.60.